The highest BCUT2D eigenvalue weighted by atomic mass is 79.9. The average Bonchev–Trinajstić information content (AvgIpc) is 2.67. The SMILES string of the molecule is O=C1C=CC(=Cc2ccc(Br)s2)S1=S. The first-order chi connectivity index (χ1) is 6.66. The van der Waals surface area contributed by atoms with Gasteiger partial charge in [-0.15, -0.1) is 11.3 Å². The maximum atomic E-state index is 11.2. The Morgan fingerprint density at radius 1 is 1.43 bits per heavy atom. The molecule has 0 bridgehead atoms. The van der Waals surface area contributed by atoms with Gasteiger partial charge in [-0.05, 0) is 66.9 Å². The fourth-order valence-corrected chi connectivity index (χ4v) is 3.82. The van der Waals surface area contributed by atoms with Crippen LogP contribution in [0.5, 0.6) is 0 Å². The largest absolute Gasteiger partial charge is 0.282 e. The molecule has 0 radical (unpaired) electrons. The van der Waals surface area contributed by atoms with Gasteiger partial charge in [-0.2, -0.15) is 0 Å². The van der Waals surface area contributed by atoms with Crippen molar-refractivity contribution in [1.82, 2.24) is 0 Å². The molecule has 1 aliphatic rings. The normalized spacial score (nSPS) is 23.6. The van der Waals surface area contributed by atoms with Gasteiger partial charge in [0.05, 0.1) is 3.79 Å². The molecule has 0 saturated carbocycles. The van der Waals surface area contributed by atoms with E-state index in [2.05, 4.69) is 15.9 Å². The fraction of sp³-hybridized carbons (Fsp3) is 0. The molecule has 1 nitrogen and oxygen atoms in total. The van der Waals surface area contributed by atoms with Crippen LogP contribution >= 0.6 is 27.3 Å². The third-order valence-corrected chi connectivity index (χ3v) is 5.48. The Kier molecular flexibility index (Phi) is 3.11. The number of allylic oxidation sites excluding steroid dienone is 1. The van der Waals surface area contributed by atoms with E-state index in [-0.39, 0.29) is 5.12 Å². The highest BCUT2D eigenvalue weighted by Gasteiger charge is 2.14. The van der Waals surface area contributed by atoms with Crippen molar-refractivity contribution in [3.63, 3.8) is 0 Å². The van der Waals surface area contributed by atoms with Crippen molar-refractivity contribution in [2.24, 2.45) is 0 Å². The van der Waals surface area contributed by atoms with Crippen LogP contribution in [0.25, 0.3) is 6.08 Å². The lowest BCUT2D eigenvalue weighted by Gasteiger charge is -1.93. The summed E-state index contributed by atoms with van der Waals surface area (Å²) in [4.78, 5) is 13.2. The van der Waals surface area contributed by atoms with Gasteiger partial charge in [-0.1, -0.05) is 0 Å². The third-order valence-electron chi connectivity index (χ3n) is 1.66. The third kappa shape index (κ3) is 2.11. The van der Waals surface area contributed by atoms with E-state index in [9.17, 15) is 4.79 Å². The number of rotatable bonds is 1. The predicted octanol–water partition coefficient (Wildman–Crippen LogP) is 3.03. The maximum Gasteiger partial charge on any atom is 0.220 e. The molecular weight excluding hydrogens is 300 g/mol. The molecule has 0 saturated heterocycles. The molecule has 2 heterocycles. The van der Waals surface area contributed by atoms with Crippen LogP contribution in [0.15, 0.2) is 33.0 Å². The Labute approximate surface area is 101 Å². The molecule has 1 aromatic heterocycles. The Balaban J connectivity index is 2.33. The van der Waals surface area contributed by atoms with Crippen LogP contribution in [0.2, 0.25) is 0 Å². The van der Waals surface area contributed by atoms with Gasteiger partial charge >= 0.3 is 0 Å². The van der Waals surface area contributed by atoms with Crippen LogP contribution in [0.3, 0.4) is 0 Å². The number of thiophene rings is 1. The van der Waals surface area contributed by atoms with E-state index in [0.29, 0.717) is 0 Å². The minimum atomic E-state index is -0.661. The molecule has 0 fully saturated rings. The lowest BCUT2D eigenvalue weighted by atomic mass is 10.4. The van der Waals surface area contributed by atoms with Crippen molar-refractivity contribution >= 4 is 59.1 Å². The molecule has 1 unspecified atom stereocenters. The number of hydrogen-bond acceptors (Lipinski definition) is 3. The molecule has 2 rings (SSSR count). The van der Waals surface area contributed by atoms with Crippen molar-refractivity contribution in [3.8, 4) is 0 Å². The maximum absolute atomic E-state index is 11.2. The number of carbonyl (C=O) groups is 1. The molecule has 14 heavy (non-hydrogen) atoms. The Morgan fingerprint density at radius 2 is 2.21 bits per heavy atom. The topological polar surface area (TPSA) is 17.1 Å². The first-order valence-corrected chi connectivity index (χ1v) is 7.53. The van der Waals surface area contributed by atoms with Crippen molar-refractivity contribution in [2.75, 3.05) is 0 Å². The van der Waals surface area contributed by atoms with E-state index in [1.54, 1.807) is 17.4 Å². The number of carbonyl (C=O) groups excluding carboxylic acids is 1. The summed E-state index contributed by atoms with van der Waals surface area (Å²) in [7, 11) is -0.661. The van der Waals surface area contributed by atoms with E-state index >= 15 is 0 Å². The summed E-state index contributed by atoms with van der Waals surface area (Å²) in [5.41, 5.74) is 0. The summed E-state index contributed by atoms with van der Waals surface area (Å²) in [6.45, 7) is 0. The summed E-state index contributed by atoms with van der Waals surface area (Å²) in [6.07, 6.45) is 5.35. The van der Waals surface area contributed by atoms with Gasteiger partial charge in [-0.25, -0.2) is 0 Å². The molecule has 1 aliphatic heterocycles. The van der Waals surface area contributed by atoms with Gasteiger partial charge < -0.3 is 0 Å². The molecule has 5 heteroatoms. The highest BCUT2D eigenvalue weighted by molar-refractivity contribution is 9.11. The zero-order valence-electron chi connectivity index (χ0n) is 6.90. The Morgan fingerprint density at radius 3 is 2.71 bits per heavy atom. The van der Waals surface area contributed by atoms with Gasteiger partial charge in [0.15, 0.2) is 0 Å². The quantitative estimate of drug-likeness (QED) is 0.793. The lowest BCUT2D eigenvalue weighted by molar-refractivity contribution is -0.107. The molecule has 0 amide bonds. The summed E-state index contributed by atoms with van der Waals surface area (Å²) in [6, 6.07) is 3.99. The van der Waals surface area contributed by atoms with Crippen molar-refractivity contribution in [1.29, 1.82) is 0 Å². The summed E-state index contributed by atoms with van der Waals surface area (Å²) < 4.78 is 1.09. The van der Waals surface area contributed by atoms with Gasteiger partial charge in [0.2, 0.25) is 5.12 Å². The number of hydrogen-bond donors (Lipinski definition) is 0. The molecule has 0 aliphatic carbocycles. The smallest absolute Gasteiger partial charge is 0.220 e. The van der Waals surface area contributed by atoms with Crippen LogP contribution in [0.4, 0.5) is 0 Å². The molecule has 0 N–H and O–H groups in total. The monoisotopic (exact) mass is 304 g/mol. The average molecular weight is 305 g/mol. The van der Waals surface area contributed by atoms with Crippen molar-refractivity contribution < 1.29 is 4.79 Å². The summed E-state index contributed by atoms with van der Waals surface area (Å²) >= 11 is 10.1. The molecule has 0 aromatic carbocycles. The lowest BCUT2D eigenvalue weighted by Crippen LogP contribution is -1.95. The van der Waals surface area contributed by atoms with Crippen molar-refractivity contribution in [2.45, 2.75) is 0 Å². The van der Waals surface area contributed by atoms with E-state index in [1.807, 2.05) is 24.3 Å². The standard InChI is InChI=1S/C9H5BrOS3/c10-8-3-1-6(13-8)5-7-2-4-9(11)14(7)12/h1-5H. The van der Waals surface area contributed by atoms with Gasteiger partial charge in [0.25, 0.3) is 0 Å². The minimum absolute atomic E-state index is 0.0434. The van der Waals surface area contributed by atoms with Crippen LogP contribution < -0.4 is 0 Å². The van der Waals surface area contributed by atoms with E-state index in [4.69, 9.17) is 11.2 Å². The fourth-order valence-electron chi connectivity index (χ4n) is 1.04. The second-order valence-corrected chi connectivity index (χ2v) is 7.52. The van der Waals surface area contributed by atoms with Crippen LogP contribution in [-0.2, 0) is 25.4 Å². The van der Waals surface area contributed by atoms with E-state index in [1.165, 1.54) is 0 Å². The minimum Gasteiger partial charge on any atom is -0.282 e. The van der Waals surface area contributed by atoms with Crippen LogP contribution in [-0.4, -0.2) is 5.12 Å². The van der Waals surface area contributed by atoms with Crippen LogP contribution in [0.1, 0.15) is 4.88 Å². The van der Waals surface area contributed by atoms with E-state index < -0.39 is 9.45 Å². The van der Waals surface area contributed by atoms with Gasteiger partial charge in [0.1, 0.15) is 0 Å². The number of halogens is 1. The molecular formula is C9H5BrOS3. The van der Waals surface area contributed by atoms with Crippen molar-refractivity contribution in [3.05, 3.63) is 37.9 Å². The van der Waals surface area contributed by atoms with E-state index in [0.717, 1.165) is 13.6 Å². The highest BCUT2D eigenvalue weighted by Crippen LogP contribution is 2.26. The second kappa shape index (κ2) is 4.18. The summed E-state index contributed by atoms with van der Waals surface area (Å²) in [5.74, 6) is 0. The molecule has 0 spiro atoms. The van der Waals surface area contributed by atoms with Gasteiger partial charge in [-0.3, -0.25) is 4.79 Å². The first-order valence-electron chi connectivity index (χ1n) is 3.77. The Hall–Kier alpha value is -0.100. The second-order valence-electron chi connectivity index (χ2n) is 2.61. The Bertz CT molecular complexity index is 470. The zero-order valence-corrected chi connectivity index (χ0v) is 10.9. The molecule has 1 aromatic rings. The van der Waals surface area contributed by atoms with Crippen LogP contribution in [0, 0.1) is 0 Å². The molecule has 72 valence electrons. The molecule has 1 atom stereocenters. The summed E-state index contributed by atoms with van der Waals surface area (Å²) in [5, 5.41) is 0.0434. The van der Waals surface area contributed by atoms with Gasteiger partial charge in [0, 0.05) is 9.78 Å². The predicted molar refractivity (Wildman–Crippen MR) is 68.9 cm³/mol. The zero-order chi connectivity index (χ0) is 10.1. The first kappa shape index (κ1) is 10.4.